The van der Waals surface area contributed by atoms with Crippen molar-refractivity contribution in [3.63, 3.8) is 0 Å². The van der Waals surface area contributed by atoms with Crippen LogP contribution in [0.2, 0.25) is 0 Å². The van der Waals surface area contributed by atoms with Crippen molar-refractivity contribution in [2.75, 3.05) is 19.6 Å². The SMILES string of the molecule is CCN(Cc1c(Br)c(C)nn1C)CC1CCCCN1. The van der Waals surface area contributed by atoms with Gasteiger partial charge in [0, 0.05) is 26.2 Å². The van der Waals surface area contributed by atoms with Gasteiger partial charge in [0.2, 0.25) is 0 Å². The number of rotatable bonds is 5. The minimum absolute atomic E-state index is 0.654. The Morgan fingerprint density at radius 1 is 1.47 bits per heavy atom. The molecule has 1 unspecified atom stereocenters. The van der Waals surface area contributed by atoms with Crippen LogP contribution in [0.4, 0.5) is 0 Å². The van der Waals surface area contributed by atoms with Crippen molar-refractivity contribution in [3.8, 4) is 0 Å². The number of hydrogen-bond acceptors (Lipinski definition) is 3. The van der Waals surface area contributed by atoms with Crippen LogP contribution in [-0.2, 0) is 13.6 Å². The zero-order chi connectivity index (χ0) is 13.8. The van der Waals surface area contributed by atoms with E-state index in [9.17, 15) is 0 Å². The van der Waals surface area contributed by atoms with Crippen LogP contribution in [-0.4, -0.2) is 40.4 Å². The number of nitrogens with one attached hydrogen (secondary N) is 1. The molecule has 5 heteroatoms. The fraction of sp³-hybridized carbons (Fsp3) is 0.786. The van der Waals surface area contributed by atoms with Crippen molar-refractivity contribution < 1.29 is 0 Å². The van der Waals surface area contributed by atoms with Gasteiger partial charge < -0.3 is 5.32 Å². The van der Waals surface area contributed by atoms with Gasteiger partial charge in [-0.25, -0.2) is 0 Å². The lowest BCUT2D eigenvalue weighted by atomic mass is 10.0. The second kappa shape index (κ2) is 6.86. The maximum absolute atomic E-state index is 4.47. The Kier molecular flexibility index (Phi) is 5.42. The normalized spacial score (nSPS) is 20.2. The van der Waals surface area contributed by atoms with Crippen LogP contribution in [0.1, 0.15) is 37.6 Å². The number of likely N-dealkylation sites (N-methyl/N-ethyl adjacent to an activating group) is 1. The summed E-state index contributed by atoms with van der Waals surface area (Å²) < 4.78 is 3.15. The molecule has 0 bridgehead atoms. The molecule has 0 radical (unpaired) electrons. The van der Waals surface area contributed by atoms with E-state index < -0.39 is 0 Å². The van der Waals surface area contributed by atoms with Crippen LogP contribution in [0, 0.1) is 6.92 Å². The van der Waals surface area contributed by atoms with Crippen molar-refractivity contribution in [1.82, 2.24) is 20.0 Å². The first-order valence-corrected chi connectivity index (χ1v) is 8.04. The van der Waals surface area contributed by atoms with E-state index in [2.05, 4.69) is 38.2 Å². The van der Waals surface area contributed by atoms with Crippen LogP contribution < -0.4 is 5.32 Å². The Morgan fingerprint density at radius 3 is 2.79 bits per heavy atom. The van der Waals surface area contributed by atoms with Crippen molar-refractivity contribution in [3.05, 3.63) is 15.9 Å². The summed E-state index contributed by atoms with van der Waals surface area (Å²) in [5.74, 6) is 0. The molecular weight excluding hydrogens is 304 g/mol. The minimum Gasteiger partial charge on any atom is -0.313 e. The van der Waals surface area contributed by atoms with Gasteiger partial charge in [-0.15, -0.1) is 0 Å². The zero-order valence-electron chi connectivity index (χ0n) is 12.2. The molecule has 0 aliphatic carbocycles. The monoisotopic (exact) mass is 328 g/mol. The fourth-order valence-electron chi connectivity index (χ4n) is 2.76. The summed E-state index contributed by atoms with van der Waals surface area (Å²) in [6.45, 7) is 8.64. The molecule has 1 fully saturated rings. The summed E-state index contributed by atoms with van der Waals surface area (Å²) in [5, 5.41) is 8.10. The average Bonchev–Trinajstić information content (AvgIpc) is 2.65. The van der Waals surface area contributed by atoms with Gasteiger partial charge in [0.15, 0.2) is 0 Å². The van der Waals surface area contributed by atoms with E-state index in [1.54, 1.807) is 0 Å². The predicted octanol–water partition coefficient (Wildman–Crippen LogP) is 2.46. The minimum atomic E-state index is 0.654. The lowest BCUT2D eigenvalue weighted by Crippen LogP contribution is -2.43. The topological polar surface area (TPSA) is 33.1 Å². The summed E-state index contributed by atoms with van der Waals surface area (Å²) in [7, 11) is 2.03. The largest absolute Gasteiger partial charge is 0.313 e. The lowest BCUT2D eigenvalue weighted by Gasteiger charge is -2.30. The Morgan fingerprint density at radius 2 is 2.26 bits per heavy atom. The third kappa shape index (κ3) is 3.80. The smallest absolute Gasteiger partial charge is 0.0739 e. The second-order valence-electron chi connectivity index (χ2n) is 5.44. The lowest BCUT2D eigenvalue weighted by molar-refractivity contribution is 0.221. The molecule has 1 aliphatic rings. The van der Waals surface area contributed by atoms with E-state index in [4.69, 9.17) is 0 Å². The van der Waals surface area contributed by atoms with Gasteiger partial charge in [0.05, 0.1) is 15.9 Å². The third-order valence-electron chi connectivity index (χ3n) is 3.97. The van der Waals surface area contributed by atoms with Gasteiger partial charge in [-0.3, -0.25) is 9.58 Å². The Balaban J connectivity index is 1.98. The van der Waals surface area contributed by atoms with Gasteiger partial charge >= 0.3 is 0 Å². The van der Waals surface area contributed by atoms with Crippen LogP contribution in [0.5, 0.6) is 0 Å². The molecule has 19 heavy (non-hydrogen) atoms. The van der Waals surface area contributed by atoms with Crippen LogP contribution >= 0.6 is 15.9 Å². The molecule has 1 aliphatic heterocycles. The van der Waals surface area contributed by atoms with Gasteiger partial charge in [-0.2, -0.15) is 5.10 Å². The molecule has 1 aromatic rings. The van der Waals surface area contributed by atoms with Crippen molar-refractivity contribution in [2.45, 2.75) is 45.7 Å². The highest BCUT2D eigenvalue weighted by molar-refractivity contribution is 9.10. The predicted molar refractivity (Wildman–Crippen MR) is 82.2 cm³/mol. The standard InChI is InChI=1S/C14H25BrN4/c1-4-19(9-12-7-5-6-8-16-12)10-13-14(15)11(2)17-18(13)3/h12,16H,4-10H2,1-3H3. The molecule has 1 aromatic heterocycles. The molecule has 108 valence electrons. The average molecular weight is 329 g/mol. The summed E-state index contributed by atoms with van der Waals surface area (Å²) in [5.41, 5.74) is 2.35. The summed E-state index contributed by atoms with van der Waals surface area (Å²) >= 11 is 3.66. The first kappa shape index (κ1) is 15.0. The number of nitrogens with zero attached hydrogens (tertiary/aromatic N) is 3. The van der Waals surface area contributed by atoms with E-state index in [-0.39, 0.29) is 0 Å². The molecule has 2 heterocycles. The summed E-state index contributed by atoms with van der Waals surface area (Å²) in [6.07, 6.45) is 4.00. The first-order valence-electron chi connectivity index (χ1n) is 7.25. The van der Waals surface area contributed by atoms with E-state index in [0.717, 1.165) is 29.8 Å². The molecule has 1 N–H and O–H groups in total. The van der Waals surface area contributed by atoms with E-state index >= 15 is 0 Å². The van der Waals surface area contributed by atoms with Crippen LogP contribution in [0.15, 0.2) is 4.47 Å². The highest BCUT2D eigenvalue weighted by Gasteiger charge is 2.18. The number of halogens is 1. The van der Waals surface area contributed by atoms with E-state index in [1.807, 2.05) is 18.7 Å². The van der Waals surface area contributed by atoms with Crippen LogP contribution in [0.25, 0.3) is 0 Å². The first-order chi connectivity index (χ1) is 9.11. The van der Waals surface area contributed by atoms with Crippen molar-refractivity contribution >= 4 is 15.9 Å². The van der Waals surface area contributed by atoms with E-state index in [1.165, 1.54) is 31.5 Å². The van der Waals surface area contributed by atoms with Gasteiger partial charge in [0.1, 0.15) is 0 Å². The quantitative estimate of drug-likeness (QED) is 0.901. The molecule has 1 saturated heterocycles. The molecule has 2 rings (SSSR count). The Bertz CT molecular complexity index is 410. The molecule has 1 atom stereocenters. The molecule has 0 aromatic carbocycles. The Labute approximate surface area is 124 Å². The second-order valence-corrected chi connectivity index (χ2v) is 6.24. The molecule has 4 nitrogen and oxygen atoms in total. The van der Waals surface area contributed by atoms with E-state index in [0.29, 0.717) is 6.04 Å². The third-order valence-corrected chi connectivity index (χ3v) is 5.00. The van der Waals surface area contributed by atoms with Gasteiger partial charge in [-0.1, -0.05) is 13.3 Å². The zero-order valence-corrected chi connectivity index (χ0v) is 13.8. The molecule has 0 saturated carbocycles. The number of aromatic nitrogens is 2. The number of piperidine rings is 1. The summed E-state index contributed by atoms with van der Waals surface area (Å²) in [4.78, 5) is 2.50. The highest BCUT2D eigenvalue weighted by atomic mass is 79.9. The molecular formula is C14H25BrN4. The van der Waals surface area contributed by atoms with Gasteiger partial charge in [-0.05, 0) is 48.8 Å². The van der Waals surface area contributed by atoms with Crippen molar-refractivity contribution in [1.29, 1.82) is 0 Å². The van der Waals surface area contributed by atoms with Gasteiger partial charge in [0.25, 0.3) is 0 Å². The number of hydrogen-bond donors (Lipinski definition) is 1. The maximum atomic E-state index is 4.47. The van der Waals surface area contributed by atoms with Crippen molar-refractivity contribution in [2.24, 2.45) is 7.05 Å². The highest BCUT2D eigenvalue weighted by Crippen LogP contribution is 2.22. The maximum Gasteiger partial charge on any atom is 0.0739 e. The summed E-state index contributed by atoms with van der Waals surface area (Å²) in [6, 6.07) is 0.654. The molecule has 0 spiro atoms. The molecule has 0 amide bonds. The van der Waals surface area contributed by atoms with Crippen LogP contribution in [0.3, 0.4) is 0 Å². The Hall–Kier alpha value is -0.390. The fourth-order valence-corrected chi connectivity index (χ4v) is 3.22. The number of aryl methyl sites for hydroxylation is 2.